The minimum atomic E-state index is -3.61. The first kappa shape index (κ1) is 31.3. The number of ether oxygens (including phenoxy) is 3. The molecule has 2 aromatic rings. The van der Waals surface area contributed by atoms with Gasteiger partial charge in [-0.25, -0.2) is 13.6 Å². The predicted molar refractivity (Wildman–Crippen MR) is 155 cm³/mol. The van der Waals surface area contributed by atoms with Gasteiger partial charge in [0.25, 0.3) is 0 Å². The average Bonchev–Trinajstić information content (AvgIpc) is 2.89. The quantitative estimate of drug-likeness (QED) is 0.237. The van der Waals surface area contributed by atoms with Crippen molar-refractivity contribution in [2.24, 2.45) is 5.14 Å². The van der Waals surface area contributed by atoms with Crippen LogP contribution in [0.1, 0.15) is 80.7 Å². The molecule has 39 heavy (non-hydrogen) atoms. The Bertz CT molecular complexity index is 1170. The number of nitrogens with two attached hydrogens (primary N) is 1. The van der Waals surface area contributed by atoms with Gasteiger partial charge in [-0.15, -0.1) is 0 Å². The first-order valence-corrected chi connectivity index (χ1v) is 15.4. The molecule has 1 heterocycles. The topological polar surface area (TPSA) is 120 Å². The van der Waals surface area contributed by atoms with E-state index in [1.165, 1.54) is 11.6 Å². The summed E-state index contributed by atoms with van der Waals surface area (Å²) in [6.45, 7) is 7.20. The van der Waals surface area contributed by atoms with E-state index in [2.05, 4.69) is 5.32 Å². The van der Waals surface area contributed by atoms with Crippen LogP contribution in [0.2, 0.25) is 0 Å². The SMILES string of the molecule is CC1(C)OCc2cc([C@@H](O)CNCCCCCCOCCCCc3cccc(/C=C/S(N)(=O)=O)c3)ccc2O1. The maximum Gasteiger partial charge on any atom is 0.231 e. The van der Waals surface area contributed by atoms with Gasteiger partial charge in [0.1, 0.15) is 5.75 Å². The summed E-state index contributed by atoms with van der Waals surface area (Å²) < 4.78 is 39.4. The molecule has 0 aliphatic carbocycles. The summed E-state index contributed by atoms with van der Waals surface area (Å²) in [7, 11) is -3.61. The zero-order valence-electron chi connectivity index (χ0n) is 23.2. The maximum absolute atomic E-state index is 11.1. The van der Waals surface area contributed by atoms with Crippen molar-refractivity contribution in [1.29, 1.82) is 0 Å². The number of aryl methyl sites for hydroxylation is 1. The van der Waals surface area contributed by atoms with Crippen LogP contribution in [-0.4, -0.2) is 45.6 Å². The molecule has 0 saturated heterocycles. The summed E-state index contributed by atoms with van der Waals surface area (Å²) in [6, 6.07) is 13.6. The van der Waals surface area contributed by atoms with Crippen molar-refractivity contribution in [3.05, 3.63) is 70.1 Å². The predicted octanol–water partition coefficient (Wildman–Crippen LogP) is 4.81. The molecule has 1 aliphatic rings. The molecular formula is C30H44N2O6S. The fourth-order valence-electron chi connectivity index (χ4n) is 4.39. The van der Waals surface area contributed by atoms with Crippen LogP contribution in [0.15, 0.2) is 47.9 Å². The first-order chi connectivity index (χ1) is 18.6. The Kier molecular flexibility index (Phi) is 12.4. The van der Waals surface area contributed by atoms with Crippen LogP contribution in [-0.2, 0) is 32.5 Å². The van der Waals surface area contributed by atoms with Crippen LogP contribution in [0.3, 0.4) is 0 Å². The van der Waals surface area contributed by atoms with Gasteiger partial charge in [-0.05, 0) is 73.5 Å². The maximum atomic E-state index is 11.1. The normalized spacial score (nSPS) is 15.7. The Balaban J connectivity index is 1.16. The van der Waals surface area contributed by atoms with Gasteiger partial charge < -0.3 is 24.6 Å². The number of rotatable bonds is 17. The highest BCUT2D eigenvalue weighted by molar-refractivity contribution is 7.92. The third kappa shape index (κ3) is 12.2. The van der Waals surface area contributed by atoms with Crippen LogP contribution < -0.4 is 15.2 Å². The van der Waals surface area contributed by atoms with Gasteiger partial charge in [-0.2, -0.15) is 0 Å². The molecule has 0 bridgehead atoms. The standard InChI is InChI=1S/C30H44N2O6S/c1-30(2)37-23-27-21-26(13-14-29(27)38-30)28(33)22-32-16-6-3-4-7-17-36-18-8-5-10-24-11-9-12-25(20-24)15-19-39(31,34)35/h9,11-15,19-21,28,32-33H,3-8,10,16-18,22-23H2,1-2H3,(H2,31,34,35)/b19-15+/t28-/m0/s1. The second-order valence-electron chi connectivity index (χ2n) is 10.5. The molecule has 1 aliphatic heterocycles. The smallest absolute Gasteiger partial charge is 0.231 e. The number of primary sulfonamides is 1. The van der Waals surface area contributed by atoms with E-state index in [1.54, 1.807) is 0 Å². The zero-order valence-corrected chi connectivity index (χ0v) is 24.0. The van der Waals surface area contributed by atoms with Crippen LogP contribution in [0.25, 0.3) is 6.08 Å². The molecular weight excluding hydrogens is 516 g/mol. The molecule has 0 spiro atoms. The lowest BCUT2D eigenvalue weighted by Gasteiger charge is -2.33. The third-order valence-corrected chi connectivity index (χ3v) is 7.05. The van der Waals surface area contributed by atoms with Crippen molar-refractivity contribution in [2.45, 2.75) is 77.3 Å². The highest BCUT2D eigenvalue weighted by Gasteiger charge is 2.27. The number of aliphatic hydroxyl groups is 1. The average molecular weight is 561 g/mol. The van der Waals surface area contributed by atoms with E-state index in [0.29, 0.717) is 13.2 Å². The van der Waals surface area contributed by atoms with E-state index in [0.717, 1.165) is 92.6 Å². The minimum Gasteiger partial charge on any atom is -0.463 e. The van der Waals surface area contributed by atoms with Gasteiger partial charge in [-0.3, -0.25) is 0 Å². The lowest BCUT2D eigenvalue weighted by molar-refractivity contribution is -0.180. The Hall–Kier alpha value is -2.27. The Morgan fingerprint density at radius 1 is 1.08 bits per heavy atom. The van der Waals surface area contributed by atoms with Crippen molar-refractivity contribution in [3.63, 3.8) is 0 Å². The second-order valence-corrected chi connectivity index (χ2v) is 11.9. The molecule has 0 radical (unpaired) electrons. The molecule has 4 N–H and O–H groups in total. The van der Waals surface area contributed by atoms with E-state index in [4.69, 9.17) is 19.3 Å². The third-order valence-electron chi connectivity index (χ3n) is 6.54. The molecule has 9 heteroatoms. The summed E-state index contributed by atoms with van der Waals surface area (Å²) in [5.74, 6) is 0.204. The largest absolute Gasteiger partial charge is 0.463 e. The van der Waals surface area contributed by atoms with E-state index >= 15 is 0 Å². The lowest BCUT2D eigenvalue weighted by atomic mass is 10.0. The summed E-state index contributed by atoms with van der Waals surface area (Å²) in [5.41, 5.74) is 3.84. The molecule has 216 valence electrons. The van der Waals surface area contributed by atoms with Gasteiger partial charge in [0.05, 0.1) is 12.7 Å². The van der Waals surface area contributed by atoms with Crippen LogP contribution in [0.4, 0.5) is 0 Å². The molecule has 2 aromatic carbocycles. The molecule has 0 saturated carbocycles. The van der Waals surface area contributed by atoms with E-state index < -0.39 is 21.9 Å². The Morgan fingerprint density at radius 3 is 2.64 bits per heavy atom. The summed E-state index contributed by atoms with van der Waals surface area (Å²) in [4.78, 5) is 0. The summed E-state index contributed by atoms with van der Waals surface area (Å²) in [5, 5.41) is 19.9. The monoisotopic (exact) mass is 560 g/mol. The van der Waals surface area contributed by atoms with Crippen molar-refractivity contribution in [3.8, 4) is 5.75 Å². The fourth-order valence-corrected chi connectivity index (χ4v) is 4.74. The molecule has 0 unspecified atom stereocenters. The number of unbranched alkanes of at least 4 members (excludes halogenated alkanes) is 4. The number of aliphatic hydroxyl groups excluding tert-OH is 1. The number of nitrogens with one attached hydrogen (secondary N) is 1. The van der Waals surface area contributed by atoms with Crippen LogP contribution >= 0.6 is 0 Å². The highest BCUT2D eigenvalue weighted by Crippen LogP contribution is 2.32. The second kappa shape index (κ2) is 15.5. The van der Waals surface area contributed by atoms with Gasteiger partial charge in [-0.1, -0.05) is 43.2 Å². The van der Waals surface area contributed by atoms with Gasteiger partial charge in [0.2, 0.25) is 15.8 Å². The van der Waals surface area contributed by atoms with Gasteiger partial charge in [0.15, 0.2) is 0 Å². The van der Waals surface area contributed by atoms with E-state index in [1.807, 2.05) is 56.3 Å². The Morgan fingerprint density at radius 2 is 1.85 bits per heavy atom. The molecule has 3 rings (SSSR count). The number of sulfonamides is 1. The highest BCUT2D eigenvalue weighted by atomic mass is 32.2. The van der Waals surface area contributed by atoms with E-state index in [-0.39, 0.29) is 0 Å². The number of fused-ring (bicyclic) bond motifs is 1. The van der Waals surface area contributed by atoms with Crippen LogP contribution in [0, 0.1) is 0 Å². The minimum absolute atomic E-state index is 0.486. The first-order valence-electron chi connectivity index (χ1n) is 13.8. The van der Waals surface area contributed by atoms with Crippen molar-refractivity contribution < 1.29 is 27.7 Å². The molecule has 1 atom stereocenters. The summed E-state index contributed by atoms with van der Waals surface area (Å²) >= 11 is 0. The van der Waals surface area contributed by atoms with Crippen molar-refractivity contribution >= 4 is 16.1 Å². The number of hydrogen-bond acceptors (Lipinski definition) is 7. The van der Waals surface area contributed by atoms with Crippen molar-refractivity contribution in [2.75, 3.05) is 26.3 Å². The van der Waals surface area contributed by atoms with Gasteiger partial charge in [0, 0.05) is 44.6 Å². The fraction of sp³-hybridized carbons (Fsp3) is 0.533. The van der Waals surface area contributed by atoms with Crippen molar-refractivity contribution in [1.82, 2.24) is 5.32 Å². The molecule has 0 fully saturated rings. The van der Waals surface area contributed by atoms with Crippen LogP contribution in [0.5, 0.6) is 5.75 Å². The van der Waals surface area contributed by atoms with Gasteiger partial charge >= 0.3 is 0 Å². The number of benzene rings is 2. The number of hydrogen-bond donors (Lipinski definition) is 3. The summed E-state index contributed by atoms with van der Waals surface area (Å²) in [6.07, 6.45) is 8.28. The molecule has 8 nitrogen and oxygen atoms in total. The zero-order chi connectivity index (χ0) is 28.1. The Labute approximate surface area is 233 Å². The lowest BCUT2D eigenvalue weighted by Crippen LogP contribution is -2.35. The van der Waals surface area contributed by atoms with E-state index in [9.17, 15) is 13.5 Å². The molecule has 0 aromatic heterocycles. The molecule has 0 amide bonds.